The maximum absolute atomic E-state index is 14.4. The zero-order chi connectivity index (χ0) is 50.5. The smallest absolute Gasteiger partial charge is 0.309 e. The Bertz CT molecular complexity index is 3720. The van der Waals surface area contributed by atoms with Gasteiger partial charge in [0.2, 0.25) is 0 Å². The highest BCUT2D eigenvalue weighted by molar-refractivity contribution is 6.12. The standard InChI is InChI=1S/C56H30F12N4/c57-53(58,59)34-16-21-47-40(26-34)41-27-35(54(60,61)62)17-22-48(41)71(47)46-14-8-7-13-38(46)39-20-15-33(52-69-44(31-9-3-1-4-10-31)30-45(70-52)32-11-5-2-6-12-32)25-51(39)72-49-23-18-36(55(63,64)65)28-42(49)43-29-37(56(66,67)68)19-24-50(43)72/h1-30H. The first-order valence-corrected chi connectivity index (χ1v) is 21.9. The lowest BCUT2D eigenvalue weighted by Crippen LogP contribution is -2.05. The first-order valence-electron chi connectivity index (χ1n) is 21.9. The maximum atomic E-state index is 14.4. The fraction of sp³-hybridized carbons (Fsp3) is 0.0714. The molecular weight excluding hydrogens is 957 g/mol. The Kier molecular flexibility index (Phi) is 10.6. The quantitative estimate of drug-likeness (QED) is 0.156. The van der Waals surface area contributed by atoms with Crippen molar-refractivity contribution in [2.45, 2.75) is 24.7 Å². The minimum atomic E-state index is -4.88. The Labute approximate surface area is 399 Å². The van der Waals surface area contributed by atoms with E-state index in [-0.39, 0.29) is 60.8 Å². The Morgan fingerprint density at radius 1 is 0.292 bits per heavy atom. The van der Waals surface area contributed by atoms with E-state index in [0.29, 0.717) is 28.1 Å². The van der Waals surface area contributed by atoms with Crippen molar-refractivity contribution in [2.24, 2.45) is 0 Å². The van der Waals surface area contributed by atoms with Crippen LogP contribution in [0.4, 0.5) is 52.7 Å². The van der Waals surface area contributed by atoms with Crippen molar-refractivity contribution in [3.05, 3.63) is 204 Å². The fourth-order valence-corrected chi connectivity index (χ4v) is 9.34. The van der Waals surface area contributed by atoms with Crippen molar-refractivity contribution >= 4 is 43.6 Å². The number of fused-ring (bicyclic) bond motifs is 6. The van der Waals surface area contributed by atoms with Crippen LogP contribution >= 0.6 is 0 Å². The van der Waals surface area contributed by atoms with Crippen LogP contribution in [0.2, 0.25) is 0 Å². The number of benzene rings is 8. The third-order valence-electron chi connectivity index (χ3n) is 12.6. The number of hydrogen-bond acceptors (Lipinski definition) is 2. The Morgan fingerprint density at radius 3 is 1.03 bits per heavy atom. The molecule has 0 N–H and O–H groups in total. The predicted octanol–water partition coefficient (Wildman–Crippen LogP) is 17.4. The summed E-state index contributed by atoms with van der Waals surface area (Å²) in [5.74, 6) is 0.194. The molecule has 0 atom stereocenters. The fourth-order valence-electron chi connectivity index (χ4n) is 9.34. The van der Waals surface area contributed by atoms with E-state index in [0.717, 1.165) is 83.9 Å². The van der Waals surface area contributed by atoms with Crippen LogP contribution < -0.4 is 0 Å². The van der Waals surface area contributed by atoms with Crippen molar-refractivity contribution in [3.8, 4) is 56.4 Å². The summed E-state index contributed by atoms with van der Waals surface area (Å²) in [4.78, 5) is 9.93. The minimum Gasteiger partial charge on any atom is -0.309 e. The van der Waals surface area contributed by atoms with Crippen LogP contribution in [0, 0.1) is 0 Å². The van der Waals surface area contributed by atoms with Gasteiger partial charge in [0.1, 0.15) is 0 Å². The van der Waals surface area contributed by atoms with E-state index >= 15 is 0 Å². The average molecular weight is 987 g/mol. The number of aromatic nitrogens is 4. The molecule has 0 unspecified atom stereocenters. The van der Waals surface area contributed by atoms with Gasteiger partial charge in [-0.15, -0.1) is 0 Å². The van der Waals surface area contributed by atoms with Crippen LogP contribution in [0.15, 0.2) is 182 Å². The minimum absolute atomic E-state index is 0.0772. The van der Waals surface area contributed by atoms with Gasteiger partial charge in [-0.05, 0) is 91.0 Å². The summed E-state index contributed by atoms with van der Waals surface area (Å²) in [5, 5.41) is -0.589. The van der Waals surface area contributed by atoms with Gasteiger partial charge in [-0.1, -0.05) is 91.0 Å². The molecule has 0 amide bonds. The van der Waals surface area contributed by atoms with E-state index in [1.54, 1.807) is 42.5 Å². The first kappa shape index (κ1) is 46.0. The summed E-state index contributed by atoms with van der Waals surface area (Å²) in [6.45, 7) is 0. The van der Waals surface area contributed by atoms with Gasteiger partial charge in [0.15, 0.2) is 5.82 Å². The largest absolute Gasteiger partial charge is 0.416 e. The SMILES string of the molecule is FC(F)(F)c1ccc2c(c1)c1cc(C(F)(F)F)ccc1n2-c1ccccc1-c1ccc(-c2nc(-c3ccccc3)cc(-c3ccccc3)n2)cc1-n1c2ccc(C(F)(F)F)cc2c2cc(C(F)(F)F)ccc21. The van der Waals surface area contributed by atoms with Gasteiger partial charge in [-0.25, -0.2) is 9.97 Å². The van der Waals surface area contributed by atoms with Gasteiger partial charge in [0.05, 0.1) is 67.1 Å². The summed E-state index contributed by atoms with van der Waals surface area (Å²) in [6.07, 6.45) is -19.5. The average Bonchev–Trinajstić information content (AvgIpc) is 3.87. The molecule has 0 aliphatic carbocycles. The maximum Gasteiger partial charge on any atom is 0.416 e. The van der Waals surface area contributed by atoms with Crippen molar-refractivity contribution in [1.82, 2.24) is 19.1 Å². The molecule has 0 aliphatic rings. The number of hydrogen-bond donors (Lipinski definition) is 0. The third-order valence-corrected chi connectivity index (χ3v) is 12.6. The van der Waals surface area contributed by atoms with Gasteiger partial charge < -0.3 is 9.13 Å². The Balaban J connectivity index is 1.24. The zero-order valence-electron chi connectivity index (χ0n) is 36.6. The molecule has 11 rings (SSSR count). The predicted molar refractivity (Wildman–Crippen MR) is 252 cm³/mol. The molecular formula is C56H30F12N4. The highest BCUT2D eigenvalue weighted by Crippen LogP contribution is 2.46. The third kappa shape index (κ3) is 8.05. The van der Waals surface area contributed by atoms with Gasteiger partial charge >= 0.3 is 24.7 Å². The summed E-state index contributed by atoms with van der Waals surface area (Å²) in [6, 6.07) is 42.8. The van der Waals surface area contributed by atoms with E-state index in [4.69, 9.17) is 9.97 Å². The molecule has 8 aromatic carbocycles. The molecule has 72 heavy (non-hydrogen) atoms. The van der Waals surface area contributed by atoms with Gasteiger partial charge in [-0.3, -0.25) is 0 Å². The second-order valence-electron chi connectivity index (χ2n) is 17.0. The number of rotatable bonds is 6. The highest BCUT2D eigenvalue weighted by Gasteiger charge is 2.36. The summed E-state index contributed by atoms with van der Waals surface area (Å²) in [5.41, 5.74) is -0.0376. The molecule has 11 aromatic rings. The van der Waals surface area contributed by atoms with E-state index in [2.05, 4.69) is 0 Å². The van der Waals surface area contributed by atoms with E-state index < -0.39 is 47.0 Å². The zero-order valence-corrected chi connectivity index (χ0v) is 36.6. The topological polar surface area (TPSA) is 35.6 Å². The van der Waals surface area contributed by atoms with Crippen LogP contribution in [0.1, 0.15) is 22.3 Å². The lowest BCUT2D eigenvalue weighted by atomic mass is 9.98. The van der Waals surface area contributed by atoms with Crippen LogP contribution in [-0.4, -0.2) is 19.1 Å². The van der Waals surface area contributed by atoms with Crippen LogP contribution in [0.3, 0.4) is 0 Å². The van der Waals surface area contributed by atoms with Crippen molar-refractivity contribution < 1.29 is 52.7 Å². The lowest BCUT2D eigenvalue weighted by molar-refractivity contribution is -0.138. The molecule has 0 fully saturated rings. The van der Waals surface area contributed by atoms with Gasteiger partial charge in [-0.2, -0.15) is 52.7 Å². The molecule has 0 radical (unpaired) electrons. The molecule has 3 aromatic heterocycles. The van der Waals surface area contributed by atoms with Crippen molar-refractivity contribution in [1.29, 1.82) is 0 Å². The molecule has 0 saturated carbocycles. The number of para-hydroxylation sites is 1. The van der Waals surface area contributed by atoms with Crippen LogP contribution in [0.25, 0.3) is 100 Å². The molecule has 358 valence electrons. The summed E-state index contributed by atoms with van der Waals surface area (Å²) >= 11 is 0. The normalized spacial score (nSPS) is 12.7. The molecule has 0 bridgehead atoms. The number of halogens is 12. The van der Waals surface area contributed by atoms with E-state index in [1.165, 1.54) is 9.13 Å². The molecule has 3 heterocycles. The second-order valence-corrected chi connectivity index (χ2v) is 17.0. The summed E-state index contributed by atoms with van der Waals surface area (Å²) in [7, 11) is 0. The molecule has 0 saturated heterocycles. The first-order chi connectivity index (χ1) is 34.2. The van der Waals surface area contributed by atoms with Gasteiger partial charge in [0.25, 0.3) is 0 Å². The molecule has 16 heteroatoms. The Hall–Kier alpha value is -8.40. The van der Waals surface area contributed by atoms with E-state index in [9.17, 15) is 52.7 Å². The number of nitrogens with zero attached hydrogens (tertiary/aromatic N) is 4. The Morgan fingerprint density at radius 2 is 0.639 bits per heavy atom. The summed E-state index contributed by atoms with van der Waals surface area (Å²) < 4.78 is 175. The second kappa shape index (κ2) is 16.6. The van der Waals surface area contributed by atoms with Crippen LogP contribution in [-0.2, 0) is 24.7 Å². The monoisotopic (exact) mass is 986 g/mol. The van der Waals surface area contributed by atoms with Crippen LogP contribution in [0.5, 0.6) is 0 Å². The molecule has 0 spiro atoms. The van der Waals surface area contributed by atoms with E-state index in [1.807, 2.05) is 66.7 Å². The van der Waals surface area contributed by atoms with Crippen molar-refractivity contribution in [2.75, 3.05) is 0 Å². The lowest BCUT2D eigenvalue weighted by Gasteiger charge is -2.20. The van der Waals surface area contributed by atoms with Crippen molar-refractivity contribution in [3.63, 3.8) is 0 Å². The highest BCUT2D eigenvalue weighted by atomic mass is 19.4. The number of alkyl halides is 12. The molecule has 0 aliphatic heterocycles. The van der Waals surface area contributed by atoms with Gasteiger partial charge in [0, 0.05) is 49.4 Å². The molecule has 4 nitrogen and oxygen atoms in total.